The summed E-state index contributed by atoms with van der Waals surface area (Å²) in [4.78, 5) is 0. The van der Waals surface area contributed by atoms with E-state index in [1.807, 2.05) is 0 Å². The third kappa shape index (κ3) is 3.80. The minimum absolute atomic E-state index is 0.434. The summed E-state index contributed by atoms with van der Waals surface area (Å²) >= 11 is 0. The number of rotatable bonds is 5. The number of fused-ring (bicyclic) bond motifs is 1. The molecule has 22 heavy (non-hydrogen) atoms. The van der Waals surface area contributed by atoms with E-state index in [1.165, 1.54) is 16.7 Å². The highest BCUT2D eigenvalue weighted by Gasteiger charge is 2.11. The number of hydrogen-bond donors (Lipinski definition) is 2. The Morgan fingerprint density at radius 2 is 1.91 bits per heavy atom. The third-order valence-corrected chi connectivity index (χ3v) is 4.04. The average molecular weight is 296 g/mol. The van der Waals surface area contributed by atoms with E-state index in [9.17, 15) is 0 Å². The van der Waals surface area contributed by atoms with Crippen molar-refractivity contribution in [2.24, 2.45) is 0 Å². The van der Waals surface area contributed by atoms with Crippen molar-refractivity contribution in [1.82, 2.24) is 5.32 Å². The van der Waals surface area contributed by atoms with Crippen LogP contribution in [0.4, 0.5) is 5.69 Å². The van der Waals surface area contributed by atoms with E-state index in [-0.39, 0.29) is 0 Å². The van der Waals surface area contributed by atoms with Gasteiger partial charge in [0.2, 0.25) is 0 Å². The van der Waals surface area contributed by atoms with Crippen LogP contribution >= 0.6 is 0 Å². The molecule has 2 aromatic carbocycles. The Morgan fingerprint density at radius 3 is 2.73 bits per heavy atom. The lowest BCUT2D eigenvalue weighted by molar-refractivity contribution is 0.323. The highest BCUT2D eigenvalue weighted by atomic mass is 16.5. The summed E-state index contributed by atoms with van der Waals surface area (Å²) in [6, 6.07) is 15.6. The van der Waals surface area contributed by atoms with Gasteiger partial charge >= 0.3 is 0 Å². The van der Waals surface area contributed by atoms with Crippen LogP contribution in [-0.4, -0.2) is 19.2 Å². The molecule has 116 valence electrons. The van der Waals surface area contributed by atoms with E-state index < -0.39 is 0 Å². The predicted molar refractivity (Wildman–Crippen MR) is 91.6 cm³/mol. The van der Waals surface area contributed by atoms with Crippen molar-refractivity contribution in [3.8, 4) is 5.75 Å². The van der Waals surface area contributed by atoms with Crippen molar-refractivity contribution in [1.29, 1.82) is 0 Å². The summed E-state index contributed by atoms with van der Waals surface area (Å²) in [6.45, 7) is 6.90. The van der Waals surface area contributed by atoms with Crippen LogP contribution < -0.4 is 15.4 Å². The van der Waals surface area contributed by atoms with Crippen LogP contribution in [0.1, 0.15) is 23.6 Å². The molecule has 1 atom stereocenters. The molecule has 3 heteroatoms. The fourth-order valence-corrected chi connectivity index (χ4v) is 2.74. The molecule has 0 bridgehead atoms. The number of nitrogens with one attached hydrogen (secondary N) is 2. The van der Waals surface area contributed by atoms with Crippen molar-refractivity contribution >= 4 is 5.69 Å². The monoisotopic (exact) mass is 296 g/mol. The second-order valence-electron chi connectivity index (χ2n) is 6.08. The molecule has 3 nitrogen and oxygen atoms in total. The highest BCUT2D eigenvalue weighted by Crippen LogP contribution is 2.28. The van der Waals surface area contributed by atoms with Gasteiger partial charge in [-0.05, 0) is 43.5 Å². The summed E-state index contributed by atoms with van der Waals surface area (Å²) in [6.07, 6.45) is 1.01. The lowest BCUT2D eigenvalue weighted by Gasteiger charge is -2.21. The molecule has 2 N–H and O–H groups in total. The molecule has 0 fully saturated rings. The Labute approximate surface area is 132 Å². The lowest BCUT2D eigenvalue weighted by atomic mass is 10.0. The molecular formula is C19H24N2O. The van der Waals surface area contributed by atoms with Crippen molar-refractivity contribution in [2.45, 2.75) is 32.9 Å². The Morgan fingerprint density at radius 1 is 1.14 bits per heavy atom. The van der Waals surface area contributed by atoms with Gasteiger partial charge in [-0.3, -0.25) is 0 Å². The van der Waals surface area contributed by atoms with Crippen LogP contribution in [-0.2, 0) is 13.0 Å². The smallest absolute Gasteiger partial charge is 0.142 e. The zero-order chi connectivity index (χ0) is 15.4. The number of anilines is 1. The Bertz CT molecular complexity index is 622. The molecule has 1 unspecified atom stereocenters. The van der Waals surface area contributed by atoms with Gasteiger partial charge < -0.3 is 15.4 Å². The van der Waals surface area contributed by atoms with Gasteiger partial charge in [-0.15, -0.1) is 0 Å². The van der Waals surface area contributed by atoms with E-state index in [0.29, 0.717) is 6.04 Å². The Hall–Kier alpha value is -2.00. The van der Waals surface area contributed by atoms with Crippen molar-refractivity contribution < 1.29 is 4.74 Å². The van der Waals surface area contributed by atoms with Gasteiger partial charge in [0.15, 0.2) is 0 Å². The second-order valence-corrected chi connectivity index (χ2v) is 6.08. The topological polar surface area (TPSA) is 33.3 Å². The molecule has 1 aliphatic heterocycles. The van der Waals surface area contributed by atoms with Gasteiger partial charge in [-0.1, -0.05) is 35.9 Å². The zero-order valence-electron chi connectivity index (χ0n) is 13.4. The Balaban J connectivity index is 1.55. The molecule has 2 aromatic rings. The molecule has 0 saturated carbocycles. The first-order valence-electron chi connectivity index (χ1n) is 7.99. The number of benzene rings is 2. The second kappa shape index (κ2) is 6.84. The van der Waals surface area contributed by atoms with Crippen LogP contribution in [0.5, 0.6) is 5.75 Å². The van der Waals surface area contributed by atoms with E-state index in [0.717, 1.165) is 37.6 Å². The van der Waals surface area contributed by atoms with Crippen LogP contribution in [0.15, 0.2) is 42.5 Å². The third-order valence-electron chi connectivity index (χ3n) is 4.04. The first-order chi connectivity index (χ1) is 10.7. The molecule has 3 rings (SSSR count). The molecule has 0 aromatic heterocycles. The summed E-state index contributed by atoms with van der Waals surface area (Å²) in [7, 11) is 0. The molecule has 0 radical (unpaired) electrons. The Kier molecular flexibility index (Phi) is 4.64. The SMILES string of the molecule is Cc1ccc(CNC(C)Cc2ccc3c(c2)NCCO3)cc1. The van der Waals surface area contributed by atoms with Crippen LogP contribution in [0.25, 0.3) is 0 Å². The van der Waals surface area contributed by atoms with Crippen LogP contribution in [0, 0.1) is 6.92 Å². The average Bonchev–Trinajstić information content (AvgIpc) is 2.54. The van der Waals surface area contributed by atoms with Crippen LogP contribution in [0.3, 0.4) is 0 Å². The van der Waals surface area contributed by atoms with E-state index >= 15 is 0 Å². The van der Waals surface area contributed by atoms with Gasteiger partial charge in [0.05, 0.1) is 5.69 Å². The number of aryl methyl sites for hydroxylation is 1. The number of hydrogen-bond acceptors (Lipinski definition) is 3. The minimum Gasteiger partial charge on any atom is -0.490 e. The first kappa shape index (κ1) is 14.9. The maximum absolute atomic E-state index is 5.62. The summed E-state index contributed by atoms with van der Waals surface area (Å²) in [5, 5.41) is 6.99. The van der Waals surface area contributed by atoms with Crippen LogP contribution in [0.2, 0.25) is 0 Å². The fraction of sp³-hybridized carbons (Fsp3) is 0.368. The summed E-state index contributed by atoms with van der Waals surface area (Å²) in [5.74, 6) is 0.968. The summed E-state index contributed by atoms with van der Waals surface area (Å²) in [5.41, 5.74) is 5.09. The van der Waals surface area contributed by atoms with Gasteiger partial charge in [-0.25, -0.2) is 0 Å². The standard InChI is InChI=1S/C19H24N2O/c1-14-3-5-16(6-4-14)13-21-15(2)11-17-7-8-19-18(12-17)20-9-10-22-19/h3-8,12,15,20-21H,9-11,13H2,1-2H3. The normalized spacial score (nSPS) is 14.6. The molecule has 0 spiro atoms. The summed E-state index contributed by atoms with van der Waals surface area (Å²) < 4.78 is 5.62. The predicted octanol–water partition coefficient (Wildman–Crippen LogP) is 3.52. The quantitative estimate of drug-likeness (QED) is 0.885. The van der Waals surface area contributed by atoms with Crippen molar-refractivity contribution in [3.63, 3.8) is 0 Å². The molecule has 1 aliphatic rings. The maximum atomic E-state index is 5.62. The molecule has 1 heterocycles. The lowest BCUT2D eigenvalue weighted by Crippen LogP contribution is -2.27. The highest BCUT2D eigenvalue weighted by molar-refractivity contribution is 5.59. The van der Waals surface area contributed by atoms with Gasteiger partial charge in [0.1, 0.15) is 12.4 Å². The minimum atomic E-state index is 0.434. The van der Waals surface area contributed by atoms with Gasteiger partial charge in [0, 0.05) is 19.1 Å². The van der Waals surface area contributed by atoms with Crippen molar-refractivity contribution in [2.75, 3.05) is 18.5 Å². The number of ether oxygens (including phenoxy) is 1. The molecular weight excluding hydrogens is 272 g/mol. The van der Waals surface area contributed by atoms with Gasteiger partial charge in [0.25, 0.3) is 0 Å². The zero-order valence-corrected chi connectivity index (χ0v) is 13.4. The van der Waals surface area contributed by atoms with E-state index in [2.05, 4.69) is 66.9 Å². The molecule has 0 amide bonds. The van der Waals surface area contributed by atoms with E-state index in [4.69, 9.17) is 4.74 Å². The molecule has 0 aliphatic carbocycles. The maximum Gasteiger partial charge on any atom is 0.142 e. The first-order valence-corrected chi connectivity index (χ1v) is 7.99. The fourth-order valence-electron chi connectivity index (χ4n) is 2.74. The van der Waals surface area contributed by atoms with Gasteiger partial charge in [-0.2, -0.15) is 0 Å². The van der Waals surface area contributed by atoms with Crippen molar-refractivity contribution in [3.05, 3.63) is 59.2 Å². The largest absolute Gasteiger partial charge is 0.490 e. The molecule has 0 saturated heterocycles. The van der Waals surface area contributed by atoms with E-state index in [1.54, 1.807) is 0 Å².